The van der Waals surface area contributed by atoms with E-state index in [9.17, 15) is 0 Å². The lowest BCUT2D eigenvalue weighted by Gasteiger charge is -2.22. The maximum absolute atomic E-state index is 6.15. The predicted molar refractivity (Wildman–Crippen MR) is 81.2 cm³/mol. The van der Waals surface area contributed by atoms with Gasteiger partial charge in [0, 0.05) is 36.3 Å². The number of likely N-dealkylation sites (N-methyl/N-ethyl adjacent to an activating group) is 2. The fraction of sp³-hybridized carbons (Fsp3) is 0.571. The van der Waals surface area contributed by atoms with Crippen molar-refractivity contribution < 1.29 is 0 Å². The van der Waals surface area contributed by atoms with Crippen molar-refractivity contribution in [2.45, 2.75) is 10.9 Å². The lowest BCUT2D eigenvalue weighted by molar-refractivity contribution is 0.273. The molecule has 0 spiro atoms. The summed E-state index contributed by atoms with van der Waals surface area (Å²) in [6.07, 6.45) is 0. The van der Waals surface area contributed by atoms with E-state index in [1.807, 2.05) is 17.8 Å². The van der Waals surface area contributed by atoms with Crippen LogP contribution in [0.15, 0.2) is 35.2 Å². The summed E-state index contributed by atoms with van der Waals surface area (Å²) < 4.78 is 0. The highest BCUT2D eigenvalue weighted by Crippen LogP contribution is 2.17. The van der Waals surface area contributed by atoms with Crippen LogP contribution in [0.4, 0.5) is 0 Å². The van der Waals surface area contributed by atoms with E-state index in [0.29, 0.717) is 0 Å². The monoisotopic (exact) mass is 267 g/mol. The molecule has 0 amide bonds. The summed E-state index contributed by atoms with van der Waals surface area (Å²) in [5, 5.41) is 0. The van der Waals surface area contributed by atoms with Crippen molar-refractivity contribution in [1.82, 2.24) is 9.80 Å². The summed E-state index contributed by atoms with van der Waals surface area (Å²) in [4.78, 5) is 5.79. The average Bonchev–Trinajstić information content (AvgIpc) is 2.35. The molecule has 0 radical (unpaired) electrons. The van der Waals surface area contributed by atoms with E-state index in [1.165, 1.54) is 4.90 Å². The molecule has 0 aliphatic rings. The quantitative estimate of drug-likeness (QED) is 0.725. The molecule has 0 aliphatic carbocycles. The van der Waals surface area contributed by atoms with Crippen molar-refractivity contribution in [2.75, 3.05) is 46.5 Å². The average molecular weight is 267 g/mol. The number of nitrogens with two attached hydrogens (primary N) is 1. The molecule has 0 heterocycles. The molecular weight excluding hydrogens is 242 g/mol. The lowest BCUT2D eigenvalue weighted by atomic mass is 10.3. The minimum absolute atomic E-state index is 0.224. The Labute approximate surface area is 115 Å². The second-order valence-corrected chi connectivity index (χ2v) is 6.04. The van der Waals surface area contributed by atoms with Gasteiger partial charge in [0.05, 0.1) is 0 Å². The molecule has 18 heavy (non-hydrogen) atoms. The molecule has 102 valence electrons. The van der Waals surface area contributed by atoms with Crippen LogP contribution in [0.3, 0.4) is 0 Å². The molecule has 2 N–H and O–H groups in total. The lowest BCUT2D eigenvalue weighted by Crippen LogP contribution is -2.39. The number of rotatable bonds is 8. The summed E-state index contributed by atoms with van der Waals surface area (Å²) in [5.74, 6) is 0.969. The maximum Gasteiger partial charge on any atom is 0.0263 e. The molecule has 0 aromatic heterocycles. The van der Waals surface area contributed by atoms with E-state index in [0.717, 1.165) is 25.4 Å². The highest BCUT2D eigenvalue weighted by atomic mass is 32.2. The third-order valence-electron chi connectivity index (χ3n) is 2.68. The van der Waals surface area contributed by atoms with Gasteiger partial charge in [0.25, 0.3) is 0 Å². The zero-order valence-corrected chi connectivity index (χ0v) is 12.5. The van der Waals surface area contributed by atoms with Crippen LogP contribution in [0.2, 0.25) is 0 Å². The first kappa shape index (κ1) is 15.5. The molecule has 0 fully saturated rings. The van der Waals surface area contributed by atoms with E-state index in [-0.39, 0.29) is 6.04 Å². The summed E-state index contributed by atoms with van der Waals surface area (Å²) in [5.41, 5.74) is 6.15. The smallest absolute Gasteiger partial charge is 0.0263 e. The molecule has 0 bridgehead atoms. The van der Waals surface area contributed by atoms with E-state index < -0.39 is 0 Å². The molecule has 0 saturated carbocycles. The third-order valence-corrected chi connectivity index (χ3v) is 3.88. The Morgan fingerprint density at radius 3 is 2.39 bits per heavy atom. The van der Waals surface area contributed by atoms with Gasteiger partial charge in [-0.05, 0) is 33.3 Å². The normalized spacial score (nSPS) is 13.2. The van der Waals surface area contributed by atoms with Crippen LogP contribution in [0.25, 0.3) is 0 Å². The highest BCUT2D eigenvalue weighted by Gasteiger charge is 2.07. The van der Waals surface area contributed by atoms with Gasteiger partial charge in [0.15, 0.2) is 0 Å². The Kier molecular flexibility index (Phi) is 7.35. The topological polar surface area (TPSA) is 32.5 Å². The van der Waals surface area contributed by atoms with Gasteiger partial charge in [0.1, 0.15) is 0 Å². The van der Waals surface area contributed by atoms with Gasteiger partial charge < -0.3 is 15.5 Å². The second kappa shape index (κ2) is 8.53. The second-order valence-electron chi connectivity index (χ2n) is 4.95. The summed E-state index contributed by atoms with van der Waals surface area (Å²) >= 11 is 1.83. The number of thioether (sulfide) groups is 1. The Balaban J connectivity index is 2.19. The largest absolute Gasteiger partial charge is 0.326 e. The highest BCUT2D eigenvalue weighted by molar-refractivity contribution is 7.99. The van der Waals surface area contributed by atoms with Gasteiger partial charge in [-0.1, -0.05) is 18.2 Å². The molecular formula is C14H25N3S. The minimum Gasteiger partial charge on any atom is -0.326 e. The van der Waals surface area contributed by atoms with Crippen LogP contribution in [0, 0.1) is 0 Å². The number of nitrogens with zero attached hydrogens (tertiary/aromatic N) is 2. The van der Waals surface area contributed by atoms with Gasteiger partial charge >= 0.3 is 0 Å². The van der Waals surface area contributed by atoms with Gasteiger partial charge in [-0.2, -0.15) is 0 Å². The van der Waals surface area contributed by atoms with E-state index in [1.54, 1.807) is 0 Å². The summed E-state index contributed by atoms with van der Waals surface area (Å²) in [6, 6.07) is 10.7. The van der Waals surface area contributed by atoms with Crippen molar-refractivity contribution >= 4 is 11.8 Å². The van der Waals surface area contributed by atoms with Gasteiger partial charge in [-0.25, -0.2) is 0 Å². The summed E-state index contributed by atoms with van der Waals surface area (Å²) in [6.45, 7) is 3.10. The number of hydrogen-bond donors (Lipinski definition) is 1. The van der Waals surface area contributed by atoms with Crippen LogP contribution in [-0.2, 0) is 0 Å². The van der Waals surface area contributed by atoms with Crippen LogP contribution in [0.1, 0.15) is 0 Å². The molecule has 0 aliphatic heterocycles. The minimum atomic E-state index is 0.224. The number of hydrogen-bond acceptors (Lipinski definition) is 4. The predicted octanol–water partition coefficient (Wildman–Crippen LogP) is 1.60. The van der Waals surface area contributed by atoms with Crippen molar-refractivity contribution in [2.24, 2.45) is 5.73 Å². The number of benzene rings is 1. The van der Waals surface area contributed by atoms with Crippen molar-refractivity contribution in [3.05, 3.63) is 30.3 Å². The van der Waals surface area contributed by atoms with Gasteiger partial charge in [-0.3, -0.25) is 0 Å². The Morgan fingerprint density at radius 2 is 1.78 bits per heavy atom. The molecule has 1 atom stereocenters. The van der Waals surface area contributed by atoms with E-state index in [2.05, 4.69) is 55.2 Å². The van der Waals surface area contributed by atoms with E-state index >= 15 is 0 Å². The van der Waals surface area contributed by atoms with Crippen LogP contribution in [0.5, 0.6) is 0 Å². The Bertz CT molecular complexity index is 316. The SMILES string of the molecule is CN(C)CCN(C)CC(N)CSc1ccccc1. The molecule has 3 nitrogen and oxygen atoms in total. The third kappa shape index (κ3) is 7.01. The molecule has 0 saturated heterocycles. The van der Waals surface area contributed by atoms with Gasteiger partial charge in [0.2, 0.25) is 0 Å². The Morgan fingerprint density at radius 1 is 1.11 bits per heavy atom. The molecule has 1 rings (SSSR count). The molecule has 1 aromatic rings. The van der Waals surface area contributed by atoms with Crippen molar-refractivity contribution in [3.63, 3.8) is 0 Å². The van der Waals surface area contributed by atoms with E-state index in [4.69, 9.17) is 5.73 Å². The fourth-order valence-corrected chi connectivity index (χ4v) is 2.50. The van der Waals surface area contributed by atoms with Crippen LogP contribution >= 0.6 is 11.8 Å². The first-order chi connectivity index (χ1) is 8.58. The molecule has 1 unspecified atom stereocenters. The van der Waals surface area contributed by atoms with Crippen LogP contribution < -0.4 is 5.73 Å². The maximum atomic E-state index is 6.15. The summed E-state index contributed by atoms with van der Waals surface area (Å²) in [7, 11) is 6.33. The first-order valence-corrected chi connectivity index (χ1v) is 7.33. The Hall–Kier alpha value is -0.550. The van der Waals surface area contributed by atoms with Crippen molar-refractivity contribution in [1.29, 1.82) is 0 Å². The van der Waals surface area contributed by atoms with Gasteiger partial charge in [-0.15, -0.1) is 11.8 Å². The zero-order chi connectivity index (χ0) is 13.4. The first-order valence-electron chi connectivity index (χ1n) is 6.34. The molecule has 1 aromatic carbocycles. The fourth-order valence-electron chi connectivity index (χ4n) is 1.64. The zero-order valence-electron chi connectivity index (χ0n) is 11.7. The molecule has 4 heteroatoms. The van der Waals surface area contributed by atoms with Crippen LogP contribution in [-0.4, -0.2) is 62.4 Å². The standard InChI is InChI=1S/C14H25N3S/c1-16(2)9-10-17(3)11-13(15)12-18-14-7-5-4-6-8-14/h4-8,13H,9-12,15H2,1-3H3. The van der Waals surface area contributed by atoms with Crippen molar-refractivity contribution in [3.8, 4) is 0 Å².